The first-order chi connectivity index (χ1) is 13.7. The molecule has 3 aromatic rings. The van der Waals surface area contributed by atoms with E-state index in [1.807, 2.05) is 37.4 Å². The number of aromatic nitrogens is 1. The zero-order valence-electron chi connectivity index (χ0n) is 16.0. The van der Waals surface area contributed by atoms with Gasteiger partial charge in [-0.15, -0.1) is 12.4 Å². The largest absolute Gasteiger partial charge is 0.490 e. The molecule has 0 spiro atoms. The highest BCUT2D eigenvalue weighted by molar-refractivity contribution is 9.10. The Bertz CT molecular complexity index is 895. The van der Waals surface area contributed by atoms with Crippen LogP contribution in [-0.4, -0.2) is 11.6 Å². The van der Waals surface area contributed by atoms with Crippen LogP contribution in [0.3, 0.4) is 0 Å². The Labute approximate surface area is 185 Å². The van der Waals surface area contributed by atoms with Crippen molar-refractivity contribution in [2.24, 2.45) is 0 Å². The van der Waals surface area contributed by atoms with Crippen molar-refractivity contribution in [3.05, 3.63) is 87.9 Å². The summed E-state index contributed by atoms with van der Waals surface area (Å²) in [5.41, 5.74) is 3.09. The molecule has 2 aromatic carbocycles. The maximum absolute atomic E-state index is 13.1. The molecule has 0 aliphatic rings. The minimum atomic E-state index is -0.261. The molecule has 0 radical (unpaired) electrons. The van der Waals surface area contributed by atoms with Gasteiger partial charge in [0.2, 0.25) is 0 Å². The van der Waals surface area contributed by atoms with E-state index < -0.39 is 0 Å². The van der Waals surface area contributed by atoms with Gasteiger partial charge in [-0.2, -0.15) is 0 Å². The number of hydrogen-bond donors (Lipinski definition) is 1. The molecule has 0 fully saturated rings. The first-order valence-corrected chi connectivity index (χ1v) is 9.87. The van der Waals surface area contributed by atoms with Crippen LogP contribution in [0, 0.1) is 5.82 Å². The summed E-state index contributed by atoms with van der Waals surface area (Å²) in [7, 11) is 0. The van der Waals surface area contributed by atoms with Gasteiger partial charge in [0.05, 0.1) is 11.1 Å². The standard InChI is InChI=1S/C22H22BrFN2O2.ClH/c1-2-27-21-11-18(14-26-13-17-4-3-9-25-12-17)10-20(23)22(21)28-15-16-5-7-19(24)8-6-16;/h3-12,26H,2,13-15H2,1H3;1H. The molecule has 0 unspecified atom stereocenters. The van der Waals surface area contributed by atoms with Crippen molar-refractivity contribution in [3.63, 3.8) is 0 Å². The van der Waals surface area contributed by atoms with E-state index in [1.54, 1.807) is 18.3 Å². The molecule has 0 atom stereocenters. The number of nitrogens with zero attached hydrogens (tertiary/aromatic N) is 1. The Hall–Kier alpha value is -2.15. The fraction of sp³-hybridized carbons (Fsp3) is 0.227. The van der Waals surface area contributed by atoms with Crippen molar-refractivity contribution in [1.82, 2.24) is 10.3 Å². The molecule has 0 bridgehead atoms. The second-order valence-electron chi connectivity index (χ2n) is 6.22. The predicted molar refractivity (Wildman–Crippen MR) is 118 cm³/mol. The van der Waals surface area contributed by atoms with E-state index in [4.69, 9.17) is 9.47 Å². The Balaban J connectivity index is 0.00000300. The lowest BCUT2D eigenvalue weighted by Gasteiger charge is -2.16. The van der Waals surface area contributed by atoms with Crippen molar-refractivity contribution in [1.29, 1.82) is 0 Å². The molecule has 29 heavy (non-hydrogen) atoms. The second-order valence-corrected chi connectivity index (χ2v) is 7.07. The Morgan fingerprint density at radius 2 is 1.76 bits per heavy atom. The summed E-state index contributed by atoms with van der Waals surface area (Å²) in [5.74, 6) is 1.06. The lowest BCUT2D eigenvalue weighted by Crippen LogP contribution is -2.13. The Morgan fingerprint density at radius 3 is 2.45 bits per heavy atom. The first kappa shape index (κ1) is 23.1. The monoisotopic (exact) mass is 480 g/mol. The third-order valence-corrected chi connectivity index (χ3v) is 4.64. The summed E-state index contributed by atoms with van der Waals surface area (Å²) in [6.45, 7) is 4.22. The van der Waals surface area contributed by atoms with Gasteiger partial charge in [-0.3, -0.25) is 4.98 Å². The average Bonchev–Trinajstić information content (AvgIpc) is 2.70. The molecule has 4 nitrogen and oxygen atoms in total. The third kappa shape index (κ3) is 6.99. The van der Waals surface area contributed by atoms with Gasteiger partial charge >= 0.3 is 0 Å². The minimum Gasteiger partial charge on any atom is -0.490 e. The average molecular weight is 482 g/mol. The van der Waals surface area contributed by atoms with Gasteiger partial charge in [0.1, 0.15) is 12.4 Å². The molecular formula is C22H23BrClFN2O2. The van der Waals surface area contributed by atoms with Gasteiger partial charge < -0.3 is 14.8 Å². The van der Waals surface area contributed by atoms with Crippen LogP contribution >= 0.6 is 28.3 Å². The predicted octanol–water partition coefficient (Wildman–Crippen LogP) is 5.67. The van der Waals surface area contributed by atoms with Gasteiger partial charge in [-0.25, -0.2) is 4.39 Å². The van der Waals surface area contributed by atoms with E-state index in [2.05, 4.69) is 26.2 Å². The molecule has 1 aromatic heterocycles. The quantitative estimate of drug-likeness (QED) is 0.427. The maximum Gasteiger partial charge on any atom is 0.175 e. The molecule has 7 heteroatoms. The molecule has 0 saturated carbocycles. The summed E-state index contributed by atoms with van der Waals surface area (Å²) in [5, 5.41) is 3.40. The number of nitrogens with one attached hydrogen (secondary N) is 1. The van der Waals surface area contributed by atoms with Crippen LogP contribution in [0.1, 0.15) is 23.6 Å². The number of pyridine rings is 1. The zero-order chi connectivity index (χ0) is 19.8. The Morgan fingerprint density at radius 1 is 1.00 bits per heavy atom. The topological polar surface area (TPSA) is 43.4 Å². The van der Waals surface area contributed by atoms with Crippen molar-refractivity contribution in [3.8, 4) is 11.5 Å². The molecule has 0 saturated heterocycles. The van der Waals surface area contributed by atoms with Crippen LogP contribution < -0.4 is 14.8 Å². The van der Waals surface area contributed by atoms with E-state index in [0.717, 1.165) is 27.7 Å². The lowest BCUT2D eigenvalue weighted by atomic mass is 10.2. The molecule has 0 aliphatic heterocycles. The van der Waals surface area contributed by atoms with E-state index in [0.29, 0.717) is 31.3 Å². The normalized spacial score (nSPS) is 10.3. The molecule has 0 aliphatic carbocycles. The van der Waals surface area contributed by atoms with Crippen LogP contribution in [0.15, 0.2) is 65.4 Å². The molecule has 1 heterocycles. The maximum atomic E-state index is 13.1. The van der Waals surface area contributed by atoms with Crippen LogP contribution in [0.2, 0.25) is 0 Å². The summed E-state index contributed by atoms with van der Waals surface area (Å²) in [6, 6.07) is 14.2. The smallest absolute Gasteiger partial charge is 0.175 e. The van der Waals surface area contributed by atoms with Crippen LogP contribution in [0.4, 0.5) is 4.39 Å². The number of hydrogen-bond acceptors (Lipinski definition) is 4. The SMILES string of the molecule is CCOc1cc(CNCc2cccnc2)cc(Br)c1OCc1ccc(F)cc1.Cl. The molecular weight excluding hydrogens is 459 g/mol. The summed E-state index contributed by atoms with van der Waals surface area (Å²) in [6.07, 6.45) is 3.61. The second kappa shape index (κ2) is 11.8. The number of benzene rings is 2. The fourth-order valence-corrected chi connectivity index (χ4v) is 3.32. The highest BCUT2D eigenvalue weighted by atomic mass is 79.9. The van der Waals surface area contributed by atoms with Gasteiger partial charge in [-0.05, 0) is 69.9 Å². The summed E-state index contributed by atoms with van der Waals surface area (Å²) < 4.78 is 25.6. The number of ether oxygens (including phenoxy) is 2. The van der Waals surface area contributed by atoms with E-state index in [9.17, 15) is 4.39 Å². The van der Waals surface area contributed by atoms with Crippen molar-refractivity contribution < 1.29 is 13.9 Å². The molecule has 154 valence electrons. The van der Waals surface area contributed by atoms with E-state index in [1.165, 1.54) is 12.1 Å². The van der Waals surface area contributed by atoms with E-state index >= 15 is 0 Å². The molecule has 3 rings (SSSR count). The lowest BCUT2D eigenvalue weighted by molar-refractivity contribution is 0.267. The number of rotatable bonds is 9. The van der Waals surface area contributed by atoms with Crippen molar-refractivity contribution in [2.45, 2.75) is 26.6 Å². The van der Waals surface area contributed by atoms with Gasteiger partial charge in [0.25, 0.3) is 0 Å². The van der Waals surface area contributed by atoms with Crippen LogP contribution in [0.5, 0.6) is 11.5 Å². The molecule has 0 amide bonds. The van der Waals surface area contributed by atoms with Crippen LogP contribution in [0.25, 0.3) is 0 Å². The highest BCUT2D eigenvalue weighted by Gasteiger charge is 2.13. The zero-order valence-corrected chi connectivity index (χ0v) is 18.4. The van der Waals surface area contributed by atoms with Crippen molar-refractivity contribution >= 4 is 28.3 Å². The first-order valence-electron chi connectivity index (χ1n) is 9.07. The summed E-state index contributed by atoms with van der Waals surface area (Å²) >= 11 is 3.59. The summed E-state index contributed by atoms with van der Waals surface area (Å²) in [4.78, 5) is 4.12. The van der Waals surface area contributed by atoms with Gasteiger partial charge in [0, 0.05) is 25.5 Å². The van der Waals surface area contributed by atoms with Gasteiger partial charge in [0.15, 0.2) is 11.5 Å². The minimum absolute atomic E-state index is 0. The third-order valence-electron chi connectivity index (χ3n) is 4.05. The van der Waals surface area contributed by atoms with Crippen LogP contribution in [-0.2, 0) is 19.7 Å². The number of halogens is 3. The Kier molecular flexibility index (Phi) is 9.38. The molecule has 1 N–H and O–H groups in total. The fourth-order valence-electron chi connectivity index (χ4n) is 2.72. The van der Waals surface area contributed by atoms with E-state index in [-0.39, 0.29) is 18.2 Å². The van der Waals surface area contributed by atoms with Crippen molar-refractivity contribution in [2.75, 3.05) is 6.61 Å². The van der Waals surface area contributed by atoms with Gasteiger partial charge in [-0.1, -0.05) is 18.2 Å². The highest BCUT2D eigenvalue weighted by Crippen LogP contribution is 2.37.